The normalized spacial score (nSPS) is 20.6. The lowest BCUT2D eigenvalue weighted by atomic mass is 9.83. The largest absolute Gasteiger partial charge is 0.505 e. The van der Waals surface area contributed by atoms with Crippen LogP contribution in [0.4, 0.5) is 5.69 Å². The Labute approximate surface area is 119 Å². The van der Waals surface area contributed by atoms with Crippen LogP contribution in [-0.4, -0.2) is 16.6 Å². The number of aromatic hydroxyl groups is 1. The van der Waals surface area contributed by atoms with Crippen molar-refractivity contribution >= 4 is 40.4 Å². The number of halogens is 2. The van der Waals surface area contributed by atoms with E-state index in [1.165, 1.54) is 6.08 Å². The molecule has 1 N–H and O–H groups in total. The fourth-order valence-electron chi connectivity index (χ4n) is 2.38. The highest BCUT2D eigenvalue weighted by atomic mass is 35.5. The quantitative estimate of drug-likeness (QED) is 0.736. The predicted molar refractivity (Wildman–Crippen MR) is 75.9 cm³/mol. The van der Waals surface area contributed by atoms with Crippen LogP contribution >= 0.6 is 23.2 Å². The summed E-state index contributed by atoms with van der Waals surface area (Å²) in [5.41, 5.74) is 2.87. The van der Waals surface area contributed by atoms with Gasteiger partial charge in [0.05, 0.1) is 21.4 Å². The van der Waals surface area contributed by atoms with Gasteiger partial charge in [-0.1, -0.05) is 30.1 Å². The van der Waals surface area contributed by atoms with Gasteiger partial charge in [-0.3, -0.25) is 4.79 Å². The van der Waals surface area contributed by atoms with Gasteiger partial charge in [0, 0.05) is 11.5 Å². The number of nitrogens with zero attached hydrogens (tertiary/aromatic N) is 1. The zero-order chi connectivity index (χ0) is 13.7. The van der Waals surface area contributed by atoms with Crippen molar-refractivity contribution in [2.75, 3.05) is 0 Å². The van der Waals surface area contributed by atoms with E-state index in [1.54, 1.807) is 18.2 Å². The fourth-order valence-corrected chi connectivity index (χ4v) is 2.99. The van der Waals surface area contributed by atoms with Gasteiger partial charge < -0.3 is 5.11 Å². The summed E-state index contributed by atoms with van der Waals surface area (Å²) in [4.78, 5) is 15.9. The number of carbonyl (C=O) groups is 1. The number of ketones is 1. The minimum atomic E-state index is -0.147. The Hall–Kier alpha value is -1.58. The molecule has 96 valence electrons. The Morgan fingerprint density at radius 3 is 2.79 bits per heavy atom. The number of benzene rings is 1. The van der Waals surface area contributed by atoms with Gasteiger partial charge >= 0.3 is 0 Å². The van der Waals surface area contributed by atoms with Crippen molar-refractivity contribution in [2.45, 2.75) is 12.8 Å². The number of hydrogen-bond donors (Lipinski definition) is 1. The van der Waals surface area contributed by atoms with Crippen LogP contribution in [0.5, 0.6) is 5.75 Å². The van der Waals surface area contributed by atoms with Crippen molar-refractivity contribution in [1.82, 2.24) is 0 Å². The molecule has 19 heavy (non-hydrogen) atoms. The summed E-state index contributed by atoms with van der Waals surface area (Å²) < 4.78 is 0. The Balaban J connectivity index is 2.30. The maximum Gasteiger partial charge on any atom is 0.179 e. The van der Waals surface area contributed by atoms with E-state index in [2.05, 4.69) is 4.99 Å². The van der Waals surface area contributed by atoms with Crippen LogP contribution in [0.1, 0.15) is 18.4 Å². The number of phenols is 1. The fraction of sp³-hybridized carbons (Fsp3) is 0.143. The Bertz CT molecular complexity index is 702. The molecule has 5 heteroatoms. The van der Waals surface area contributed by atoms with Gasteiger partial charge in [-0.25, -0.2) is 4.99 Å². The number of rotatable bonds is 0. The summed E-state index contributed by atoms with van der Waals surface area (Å²) in [5.74, 6) is -0.337. The molecule has 0 radical (unpaired) electrons. The molecule has 0 saturated heterocycles. The third-order valence-corrected chi connectivity index (χ3v) is 4.02. The molecule has 1 aliphatic heterocycles. The maximum absolute atomic E-state index is 11.5. The van der Waals surface area contributed by atoms with Crippen LogP contribution in [0.2, 0.25) is 10.0 Å². The lowest BCUT2D eigenvalue weighted by molar-refractivity contribution is -0.110. The summed E-state index contributed by atoms with van der Waals surface area (Å²) in [5, 5.41) is 10.2. The number of allylic oxidation sites excluding steroid dienone is 4. The van der Waals surface area contributed by atoms with Gasteiger partial charge in [-0.15, -0.1) is 0 Å². The van der Waals surface area contributed by atoms with Crippen molar-refractivity contribution in [1.29, 1.82) is 0 Å². The van der Waals surface area contributed by atoms with E-state index >= 15 is 0 Å². The second kappa shape index (κ2) is 4.22. The highest BCUT2D eigenvalue weighted by Crippen LogP contribution is 2.48. The predicted octanol–water partition coefficient (Wildman–Crippen LogP) is 3.95. The highest BCUT2D eigenvalue weighted by Gasteiger charge is 2.29. The number of carbonyl (C=O) groups excluding carboxylic acids is 1. The summed E-state index contributed by atoms with van der Waals surface area (Å²) >= 11 is 12.1. The Morgan fingerprint density at radius 2 is 2.05 bits per heavy atom. The van der Waals surface area contributed by atoms with Gasteiger partial charge in [-0.2, -0.15) is 0 Å². The molecule has 1 aromatic carbocycles. The standard InChI is InChI=1S/C14H9Cl2NO2/c1-6-8-4-7(18)2-3-10(8)17-11-5-9(15)14(19)13(16)12(6)11/h2-6,19H,1H3. The molecule has 1 aromatic rings. The topological polar surface area (TPSA) is 49.7 Å². The first-order chi connectivity index (χ1) is 8.99. The van der Waals surface area contributed by atoms with Gasteiger partial charge in [0.2, 0.25) is 0 Å². The number of phenolic OH excluding ortho intramolecular Hbond substituents is 1. The molecule has 1 unspecified atom stereocenters. The highest BCUT2D eigenvalue weighted by molar-refractivity contribution is 6.38. The molecule has 1 atom stereocenters. The average Bonchev–Trinajstić information content (AvgIpc) is 2.37. The molecule has 1 aliphatic carbocycles. The number of aliphatic imine (C=N–C) groups is 1. The van der Waals surface area contributed by atoms with Crippen LogP contribution in [0.3, 0.4) is 0 Å². The molecule has 0 fully saturated rings. The van der Waals surface area contributed by atoms with Crippen molar-refractivity contribution < 1.29 is 9.90 Å². The lowest BCUT2D eigenvalue weighted by Crippen LogP contribution is -2.17. The van der Waals surface area contributed by atoms with Crippen LogP contribution in [0, 0.1) is 0 Å². The SMILES string of the molecule is CC1C2=CC(=O)C=CC2=Nc2cc(Cl)c(O)c(Cl)c21. The zero-order valence-corrected chi connectivity index (χ0v) is 11.5. The minimum Gasteiger partial charge on any atom is -0.505 e. The average molecular weight is 294 g/mol. The van der Waals surface area contributed by atoms with E-state index in [1.807, 2.05) is 6.92 Å². The molecule has 0 amide bonds. The number of fused-ring (bicyclic) bond motifs is 2. The van der Waals surface area contributed by atoms with Crippen molar-refractivity contribution in [3.63, 3.8) is 0 Å². The van der Waals surface area contributed by atoms with Crippen LogP contribution in [0.15, 0.2) is 34.9 Å². The van der Waals surface area contributed by atoms with Gasteiger partial charge in [-0.05, 0) is 29.9 Å². The second-order valence-corrected chi connectivity index (χ2v) is 5.29. The molecular weight excluding hydrogens is 285 g/mol. The first kappa shape index (κ1) is 12.5. The molecule has 0 spiro atoms. The summed E-state index contributed by atoms with van der Waals surface area (Å²) in [6, 6.07) is 1.59. The first-order valence-corrected chi connectivity index (χ1v) is 6.48. The van der Waals surface area contributed by atoms with E-state index in [-0.39, 0.29) is 27.5 Å². The Kier molecular flexibility index (Phi) is 2.77. The van der Waals surface area contributed by atoms with E-state index in [0.717, 1.165) is 11.3 Å². The third-order valence-electron chi connectivity index (χ3n) is 3.35. The summed E-state index contributed by atoms with van der Waals surface area (Å²) in [6.07, 6.45) is 4.71. The molecule has 0 bridgehead atoms. The molecular formula is C14H9Cl2NO2. The number of hydrogen-bond acceptors (Lipinski definition) is 3. The monoisotopic (exact) mass is 293 g/mol. The van der Waals surface area contributed by atoms with Crippen LogP contribution in [0.25, 0.3) is 0 Å². The molecule has 1 heterocycles. The zero-order valence-electron chi connectivity index (χ0n) is 9.95. The molecule has 2 aliphatic rings. The lowest BCUT2D eigenvalue weighted by Gasteiger charge is -2.26. The van der Waals surface area contributed by atoms with Gasteiger partial charge in [0.25, 0.3) is 0 Å². The van der Waals surface area contributed by atoms with Crippen molar-refractivity contribution in [3.8, 4) is 5.75 Å². The summed E-state index contributed by atoms with van der Waals surface area (Å²) in [7, 11) is 0. The van der Waals surface area contributed by atoms with Crippen LogP contribution in [-0.2, 0) is 4.79 Å². The maximum atomic E-state index is 11.5. The minimum absolute atomic E-state index is 0.0708. The van der Waals surface area contributed by atoms with E-state index < -0.39 is 0 Å². The molecule has 0 saturated carbocycles. The molecule has 0 aromatic heterocycles. The van der Waals surface area contributed by atoms with Crippen LogP contribution < -0.4 is 0 Å². The van der Waals surface area contributed by atoms with E-state index in [9.17, 15) is 9.90 Å². The van der Waals surface area contributed by atoms with Crippen molar-refractivity contribution in [2.24, 2.45) is 4.99 Å². The summed E-state index contributed by atoms with van der Waals surface area (Å²) in [6.45, 7) is 1.92. The second-order valence-electron chi connectivity index (χ2n) is 4.51. The van der Waals surface area contributed by atoms with E-state index in [4.69, 9.17) is 23.2 Å². The molecule has 3 nitrogen and oxygen atoms in total. The van der Waals surface area contributed by atoms with Crippen molar-refractivity contribution in [3.05, 3.63) is 45.5 Å². The molecule has 3 rings (SSSR count). The van der Waals surface area contributed by atoms with E-state index in [0.29, 0.717) is 11.3 Å². The van der Waals surface area contributed by atoms with Gasteiger partial charge in [0.15, 0.2) is 11.5 Å². The van der Waals surface area contributed by atoms with Gasteiger partial charge in [0.1, 0.15) is 0 Å². The third kappa shape index (κ3) is 1.81. The Morgan fingerprint density at radius 1 is 1.32 bits per heavy atom. The smallest absolute Gasteiger partial charge is 0.179 e. The first-order valence-electron chi connectivity index (χ1n) is 5.72.